The Morgan fingerprint density at radius 3 is 2.60 bits per heavy atom. The molecule has 0 aliphatic carbocycles. The molecule has 0 bridgehead atoms. The fourth-order valence-electron chi connectivity index (χ4n) is 1.16. The van der Waals surface area contributed by atoms with Gasteiger partial charge in [0.1, 0.15) is 11.9 Å². The van der Waals surface area contributed by atoms with Crippen LogP contribution in [0.15, 0.2) is 18.2 Å². The van der Waals surface area contributed by atoms with Gasteiger partial charge in [-0.3, -0.25) is 0 Å². The van der Waals surface area contributed by atoms with Crippen molar-refractivity contribution in [1.29, 1.82) is 5.26 Å². The predicted molar refractivity (Wildman–Crippen MR) is 54.7 cm³/mol. The van der Waals surface area contributed by atoms with Crippen molar-refractivity contribution in [2.45, 2.75) is 13.8 Å². The van der Waals surface area contributed by atoms with Crippen LogP contribution in [0.5, 0.6) is 5.75 Å². The van der Waals surface area contributed by atoms with Gasteiger partial charge in [0.15, 0.2) is 5.75 Å². The summed E-state index contributed by atoms with van der Waals surface area (Å²) in [4.78, 5) is 5.43. The maximum Gasteiger partial charge on any atom is 0.165 e. The van der Waals surface area contributed by atoms with E-state index in [0.29, 0.717) is 18.8 Å². The first-order valence-electron chi connectivity index (χ1n) is 4.83. The van der Waals surface area contributed by atoms with E-state index < -0.39 is 5.82 Å². The van der Waals surface area contributed by atoms with E-state index in [2.05, 4.69) is 0 Å². The first-order valence-corrected chi connectivity index (χ1v) is 4.83. The molecule has 1 aromatic carbocycles. The second-order valence-electron chi connectivity index (χ2n) is 2.96. The van der Waals surface area contributed by atoms with Gasteiger partial charge in [-0.25, -0.2) is 4.39 Å². The third-order valence-corrected chi connectivity index (χ3v) is 1.99. The van der Waals surface area contributed by atoms with E-state index in [9.17, 15) is 4.39 Å². The molecule has 4 heteroatoms. The monoisotopic (exact) mass is 208 g/mol. The van der Waals surface area contributed by atoms with Crippen LogP contribution in [0.25, 0.3) is 0 Å². The molecule has 80 valence electrons. The van der Waals surface area contributed by atoms with E-state index in [1.807, 2.05) is 19.9 Å². The molecule has 0 radical (unpaired) electrons. The molecule has 0 unspecified atom stereocenters. The molecule has 0 aromatic heterocycles. The SMILES string of the molecule is CCN(CC)Oc1ccc(F)cc1C#N. The molecule has 0 saturated carbocycles. The molecule has 0 spiro atoms. The van der Waals surface area contributed by atoms with Gasteiger partial charge in [0.05, 0.1) is 5.56 Å². The molecule has 0 saturated heterocycles. The van der Waals surface area contributed by atoms with Gasteiger partial charge in [-0.05, 0) is 32.0 Å². The van der Waals surface area contributed by atoms with Crippen LogP contribution in [0.1, 0.15) is 19.4 Å². The van der Waals surface area contributed by atoms with Crippen molar-refractivity contribution >= 4 is 0 Å². The zero-order valence-corrected chi connectivity index (χ0v) is 8.83. The summed E-state index contributed by atoms with van der Waals surface area (Å²) in [6, 6.07) is 5.81. The van der Waals surface area contributed by atoms with E-state index >= 15 is 0 Å². The van der Waals surface area contributed by atoms with Crippen LogP contribution in [0.4, 0.5) is 4.39 Å². The van der Waals surface area contributed by atoms with Crippen LogP contribution in [-0.4, -0.2) is 18.2 Å². The summed E-state index contributed by atoms with van der Waals surface area (Å²) in [5.41, 5.74) is 0.210. The largest absolute Gasteiger partial charge is 0.405 e. The molecule has 0 amide bonds. The van der Waals surface area contributed by atoms with Crippen LogP contribution in [0.2, 0.25) is 0 Å². The summed E-state index contributed by atoms with van der Waals surface area (Å²) in [6.45, 7) is 5.30. The molecule has 0 aliphatic rings. The maximum absolute atomic E-state index is 12.8. The summed E-state index contributed by atoms with van der Waals surface area (Å²) < 4.78 is 12.8. The van der Waals surface area contributed by atoms with E-state index in [1.165, 1.54) is 18.2 Å². The normalized spacial score (nSPS) is 10.1. The summed E-state index contributed by atoms with van der Waals surface area (Å²) in [7, 11) is 0. The summed E-state index contributed by atoms with van der Waals surface area (Å²) in [5, 5.41) is 10.5. The van der Waals surface area contributed by atoms with Crippen molar-refractivity contribution in [1.82, 2.24) is 5.06 Å². The van der Waals surface area contributed by atoms with Crippen molar-refractivity contribution in [3.8, 4) is 11.8 Å². The standard InChI is InChI=1S/C11H13FN2O/c1-3-14(4-2)15-11-6-5-10(12)7-9(11)8-13/h5-7H,3-4H2,1-2H3. The molecule has 0 N–H and O–H groups in total. The predicted octanol–water partition coefficient (Wildman–Crippen LogP) is 2.33. The zero-order valence-electron chi connectivity index (χ0n) is 8.83. The second-order valence-corrected chi connectivity index (χ2v) is 2.96. The number of nitriles is 1. The Balaban J connectivity index is 2.90. The third kappa shape index (κ3) is 2.93. The maximum atomic E-state index is 12.8. The number of hydrogen-bond donors (Lipinski definition) is 0. The van der Waals surface area contributed by atoms with Crippen LogP contribution >= 0.6 is 0 Å². The molecule has 15 heavy (non-hydrogen) atoms. The molecule has 3 nitrogen and oxygen atoms in total. The van der Waals surface area contributed by atoms with Gasteiger partial charge in [-0.1, -0.05) is 0 Å². The number of halogens is 1. The highest BCUT2D eigenvalue weighted by atomic mass is 19.1. The molecular weight excluding hydrogens is 195 g/mol. The van der Waals surface area contributed by atoms with Crippen LogP contribution in [0.3, 0.4) is 0 Å². The first-order chi connectivity index (χ1) is 7.21. The molecule has 0 atom stereocenters. The van der Waals surface area contributed by atoms with Gasteiger partial charge in [-0.2, -0.15) is 5.26 Å². The van der Waals surface area contributed by atoms with Crippen molar-refractivity contribution in [2.24, 2.45) is 0 Å². The molecular formula is C11H13FN2O. The Labute approximate surface area is 88.6 Å². The van der Waals surface area contributed by atoms with Crippen molar-refractivity contribution in [2.75, 3.05) is 13.1 Å². The molecule has 0 heterocycles. The van der Waals surface area contributed by atoms with Gasteiger partial charge < -0.3 is 4.84 Å². The summed E-state index contributed by atoms with van der Waals surface area (Å²) in [5.74, 6) is -0.0407. The average Bonchev–Trinajstić information content (AvgIpc) is 2.27. The van der Waals surface area contributed by atoms with Gasteiger partial charge in [0.2, 0.25) is 0 Å². The molecule has 0 fully saturated rings. The Kier molecular flexibility index (Phi) is 4.07. The van der Waals surface area contributed by atoms with E-state index in [4.69, 9.17) is 10.1 Å². The topological polar surface area (TPSA) is 36.3 Å². The van der Waals surface area contributed by atoms with Crippen LogP contribution in [0, 0.1) is 17.1 Å². The number of rotatable bonds is 4. The van der Waals surface area contributed by atoms with Crippen molar-refractivity contribution in [3.63, 3.8) is 0 Å². The van der Waals surface area contributed by atoms with Gasteiger partial charge in [-0.15, -0.1) is 5.06 Å². The van der Waals surface area contributed by atoms with Crippen molar-refractivity contribution in [3.05, 3.63) is 29.6 Å². The van der Waals surface area contributed by atoms with Gasteiger partial charge >= 0.3 is 0 Å². The number of nitrogens with zero attached hydrogens (tertiary/aromatic N) is 2. The Hall–Kier alpha value is -1.60. The van der Waals surface area contributed by atoms with Gasteiger partial charge in [0.25, 0.3) is 0 Å². The van der Waals surface area contributed by atoms with Gasteiger partial charge in [0, 0.05) is 13.1 Å². The van der Waals surface area contributed by atoms with Crippen molar-refractivity contribution < 1.29 is 9.23 Å². The summed E-state index contributed by atoms with van der Waals surface area (Å²) in [6.07, 6.45) is 0. The lowest BCUT2D eigenvalue weighted by Gasteiger charge is -2.19. The lowest BCUT2D eigenvalue weighted by atomic mass is 10.2. The Bertz CT molecular complexity index is 369. The quantitative estimate of drug-likeness (QED) is 0.712. The van der Waals surface area contributed by atoms with Crippen LogP contribution in [-0.2, 0) is 0 Å². The summed E-state index contributed by atoms with van der Waals surface area (Å²) >= 11 is 0. The number of hydrogen-bond acceptors (Lipinski definition) is 3. The zero-order chi connectivity index (χ0) is 11.3. The van der Waals surface area contributed by atoms with Crippen LogP contribution < -0.4 is 4.84 Å². The first kappa shape index (κ1) is 11.5. The van der Waals surface area contributed by atoms with E-state index in [1.54, 1.807) is 5.06 Å². The minimum Gasteiger partial charge on any atom is -0.405 e. The minimum atomic E-state index is -0.432. The third-order valence-electron chi connectivity index (χ3n) is 1.99. The second kappa shape index (κ2) is 5.32. The molecule has 1 rings (SSSR count). The number of benzene rings is 1. The average molecular weight is 208 g/mol. The lowest BCUT2D eigenvalue weighted by molar-refractivity contribution is -0.0489. The fourth-order valence-corrected chi connectivity index (χ4v) is 1.16. The molecule has 1 aromatic rings. The van der Waals surface area contributed by atoms with E-state index in [0.717, 1.165) is 0 Å². The molecule has 0 aliphatic heterocycles. The number of hydroxylamine groups is 2. The highest BCUT2D eigenvalue weighted by Gasteiger charge is 2.08. The highest BCUT2D eigenvalue weighted by molar-refractivity contribution is 5.42. The Morgan fingerprint density at radius 2 is 2.07 bits per heavy atom. The minimum absolute atomic E-state index is 0.210. The highest BCUT2D eigenvalue weighted by Crippen LogP contribution is 2.19. The fraction of sp³-hybridized carbons (Fsp3) is 0.364. The lowest BCUT2D eigenvalue weighted by Crippen LogP contribution is -2.27. The smallest absolute Gasteiger partial charge is 0.165 e. The Morgan fingerprint density at radius 1 is 1.40 bits per heavy atom. The van der Waals surface area contributed by atoms with E-state index in [-0.39, 0.29) is 5.56 Å².